The maximum absolute atomic E-state index is 11.0. The van der Waals surface area contributed by atoms with Crippen LogP contribution in [0.2, 0.25) is 0 Å². The lowest BCUT2D eigenvalue weighted by atomic mass is 9.92. The van der Waals surface area contributed by atoms with E-state index in [0.717, 1.165) is 22.2 Å². The molecule has 0 aliphatic rings. The molecule has 0 aliphatic carbocycles. The topological polar surface area (TPSA) is 56.0 Å². The van der Waals surface area contributed by atoms with Crippen LogP contribution in [0.4, 0.5) is 5.69 Å². The summed E-state index contributed by atoms with van der Waals surface area (Å²) in [4.78, 5) is 15.6. The van der Waals surface area contributed by atoms with Gasteiger partial charge in [0.15, 0.2) is 0 Å². The number of fused-ring (bicyclic) bond motifs is 3. The first-order valence-corrected chi connectivity index (χ1v) is 8.92. The van der Waals surface area contributed by atoms with Crippen molar-refractivity contribution in [3.63, 3.8) is 0 Å². The average Bonchev–Trinajstić information content (AvgIpc) is 2.60. The molecule has 0 unspecified atom stereocenters. The van der Waals surface area contributed by atoms with Crippen LogP contribution in [0.5, 0.6) is 0 Å². The first kappa shape index (κ1) is 17.2. The zero-order valence-corrected chi connectivity index (χ0v) is 15.8. The fraction of sp³-hybridized carbons (Fsp3) is 0.174. The molecule has 4 heteroatoms. The normalized spacial score (nSPS) is 11.3. The van der Waals surface area contributed by atoms with Gasteiger partial charge in [0.25, 0.3) is 5.69 Å². The van der Waals surface area contributed by atoms with Gasteiger partial charge in [-0.3, -0.25) is 10.1 Å². The molecule has 0 bridgehead atoms. The lowest BCUT2D eigenvalue weighted by Crippen LogP contribution is -1.95. The van der Waals surface area contributed by atoms with Crippen LogP contribution in [0.3, 0.4) is 0 Å². The largest absolute Gasteiger partial charge is 0.269 e. The summed E-state index contributed by atoms with van der Waals surface area (Å²) in [5.74, 6) is 0. The van der Waals surface area contributed by atoms with Gasteiger partial charge in [0.2, 0.25) is 0 Å². The molecule has 0 aliphatic heterocycles. The second kappa shape index (κ2) is 6.16. The molecule has 1 heterocycles. The number of nitro benzene ring substituents is 1. The summed E-state index contributed by atoms with van der Waals surface area (Å²) in [6, 6.07) is 15.3. The smallest absolute Gasteiger partial charge is 0.258 e. The van der Waals surface area contributed by atoms with Crippen LogP contribution in [0.25, 0.3) is 32.9 Å². The number of aromatic nitrogens is 1. The Labute approximate surface area is 157 Å². The number of nitrogens with zero attached hydrogens (tertiary/aromatic N) is 2. The summed E-state index contributed by atoms with van der Waals surface area (Å²) in [7, 11) is 0. The number of rotatable bonds is 2. The van der Waals surface area contributed by atoms with E-state index < -0.39 is 0 Å². The van der Waals surface area contributed by atoms with Gasteiger partial charge in [0.05, 0.1) is 16.1 Å². The molecule has 4 nitrogen and oxygen atoms in total. The van der Waals surface area contributed by atoms with Gasteiger partial charge in [-0.25, -0.2) is 4.98 Å². The molecule has 0 saturated heterocycles. The lowest BCUT2D eigenvalue weighted by Gasteiger charge is -2.15. The van der Waals surface area contributed by atoms with E-state index in [9.17, 15) is 10.1 Å². The van der Waals surface area contributed by atoms with E-state index >= 15 is 0 Å². The minimum Gasteiger partial charge on any atom is -0.258 e. The standard InChI is InChI=1S/C23H20N2O2/c1-13-9-15(3)21-19(11-13)23(17-5-7-18(8-6-17)25(26)27)24-20-12-14(2)10-16(4)22(20)21/h5-12H,1-4H3. The lowest BCUT2D eigenvalue weighted by molar-refractivity contribution is -0.384. The van der Waals surface area contributed by atoms with E-state index in [1.54, 1.807) is 12.1 Å². The predicted molar refractivity (Wildman–Crippen MR) is 110 cm³/mol. The Morgan fingerprint density at radius 2 is 1.41 bits per heavy atom. The number of hydrogen-bond acceptors (Lipinski definition) is 3. The van der Waals surface area contributed by atoms with Gasteiger partial charge in [-0.1, -0.05) is 17.7 Å². The molecule has 4 rings (SSSR count). The minimum atomic E-state index is -0.378. The van der Waals surface area contributed by atoms with Crippen molar-refractivity contribution in [2.24, 2.45) is 0 Å². The SMILES string of the molecule is Cc1cc(C)c2c(c1)nc(-c1ccc([N+](=O)[O-])cc1)c1cc(C)cc(C)c12. The molecule has 0 fully saturated rings. The minimum absolute atomic E-state index is 0.0860. The van der Waals surface area contributed by atoms with Gasteiger partial charge in [-0.05, 0) is 74.0 Å². The van der Waals surface area contributed by atoms with Crippen molar-refractivity contribution >= 4 is 27.4 Å². The number of nitro groups is 1. The number of aryl methyl sites for hydroxylation is 4. The fourth-order valence-electron chi connectivity index (χ4n) is 3.99. The second-order valence-corrected chi connectivity index (χ2v) is 7.24. The molecular weight excluding hydrogens is 336 g/mol. The molecule has 0 atom stereocenters. The molecule has 0 spiro atoms. The highest BCUT2D eigenvalue weighted by atomic mass is 16.6. The molecule has 134 valence electrons. The van der Waals surface area contributed by atoms with Crippen molar-refractivity contribution in [1.29, 1.82) is 0 Å². The van der Waals surface area contributed by atoms with E-state index in [-0.39, 0.29) is 10.6 Å². The summed E-state index contributed by atoms with van der Waals surface area (Å²) < 4.78 is 0. The number of benzene rings is 3. The Morgan fingerprint density at radius 3 is 2.04 bits per heavy atom. The highest BCUT2D eigenvalue weighted by Crippen LogP contribution is 2.37. The van der Waals surface area contributed by atoms with Crippen molar-refractivity contribution in [3.05, 3.63) is 80.9 Å². The van der Waals surface area contributed by atoms with Crippen molar-refractivity contribution in [3.8, 4) is 11.3 Å². The van der Waals surface area contributed by atoms with Crippen LogP contribution in [0.15, 0.2) is 48.5 Å². The van der Waals surface area contributed by atoms with Crippen molar-refractivity contribution in [2.75, 3.05) is 0 Å². The predicted octanol–water partition coefficient (Wildman–Crippen LogP) is 6.20. The summed E-state index contributed by atoms with van der Waals surface area (Å²) in [5, 5.41) is 14.5. The third-order valence-corrected chi connectivity index (χ3v) is 5.03. The quantitative estimate of drug-likeness (QED) is 0.244. The zero-order valence-electron chi connectivity index (χ0n) is 15.8. The van der Waals surface area contributed by atoms with Gasteiger partial charge >= 0.3 is 0 Å². The first-order valence-electron chi connectivity index (χ1n) is 8.92. The summed E-state index contributed by atoms with van der Waals surface area (Å²) in [6.07, 6.45) is 0. The van der Waals surface area contributed by atoms with E-state index in [1.165, 1.54) is 45.2 Å². The maximum atomic E-state index is 11.0. The molecule has 27 heavy (non-hydrogen) atoms. The van der Waals surface area contributed by atoms with Crippen LogP contribution in [-0.4, -0.2) is 9.91 Å². The van der Waals surface area contributed by atoms with Crippen LogP contribution < -0.4 is 0 Å². The van der Waals surface area contributed by atoms with Gasteiger partial charge in [0.1, 0.15) is 0 Å². The van der Waals surface area contributed by atoms with Gasteiger partial charge in [-0.15, -0.1) is 0 Å². The van der Waals surface area contributed by atoms with E-state index in [0.29, 0.717) is 0 Å². The van der Waals surface area contributed by atoms with Crippen molar-refractivity contribution in [2.45, 2.75) is 27.7 Å². The summed E-state index contributed by atoms with van der Waals surface area (Å²) >= 11 is 0. The highest BCUT2D eigenvalue weighted by Gasteiger charge is 2.15. The molecule has 0 saturated carbocycles. The van der Waals surface area contributed by atoms with E-state index in [4.69, 9.17) is 4.98 Å². The molecule has 3 aromatic carbocycles. The number of pyridine rings is 1. The molecule has 4 aromatic rings. The monoisotopic (exact) mass is 356 g/mol. The van der Waals surface area contributed by atoms with Crippen LogP contribution in [0.1, 0.15) is 22.3 Å². The molecular formula is C23H20N2O2. The van der Waals surface area contributed by atoms with Gasteiger partial charge in [0, 0.05) is 28.5 Å². The molecule has 0 N–H and O–H groups in total. The highest BCUT2D eigenvalue weighted by molar-refractivity contribution is 6.13. The summed E-state index contributed by atoms with van der Waals surface area (Å²) in [5.41, 5.74) is 7.57. The Morgan fingerprint density at radius 1 is 0.815 bits per heavy atom. The zero-order chi connectivity index (χ0) is 19.3. The Balaban J connectivity index is 2.14. The third kappa shape index (κ3) is 2.83. The molecule has 1 aromatic heterocycles. The van der Waals surface area contributed by atoms with Gasteiger partial charge in [-0.2, -0.15) is 0 Å². The Hall–Kier alpha value is -3.27. The van der Waals surface area contributed by atoms with Crippen LogP contribution in [-0.2, 0) is 0 Å². The molecule has 0 amide bonds. The fourth-order valence-corrected chi connectivity index (χ4v) is 3.99. The first-order chi connectivity index (χ1) is 12.8. The summed E-state index contributed by atoms with van der Waals surface area (Å²) in [6.45, 7) is 8.42. The second-order valence-electron chi connectivity index (χ2n) is 7.24. The Kier molecular flexibility index (Phi) is 3.92. The van der Waals surface area contributed by atoms with Crippen LogP contribution >= 0.6 is 0 Å². The van der Waals surface area contributed by atoms with E-state index in [2.05, 4.69) is 52.0 Å². The van der Waals surface area contributed by atoms with E-state index in [1.807, 2.05) is 0 Å². The third-order valence-electron chi connectivity index (χ3n) is 5.03. The van der Waals surface area contributed by atoms with Crippen molar-refractivity contribution < 1.29 is 4.92 Å². The Bertz CT molecular complexity index is 1230. The maximum Gasteiger partial charge on any atom is 0.269 e. The molecule has 0 radical (unpaired) electrons. The van der Waals surface area contributed by atoms with Gasteiger partial charge < -0.3 is 0 Å². The number of hydrogen-bond donors (Lipinski definition) is 0. The van der Waals surface area contributed by atoms with Crippen LogP contribution in [0, 0.1) is 37.8 Å². The average molecular weight is 356 g/mol. The van der Waals surface area contributed by atoms with Crippen molar-refractivity contribution in [1.82, 2.24) is 4.98 Å². The number of non-ortho nitro benzene ring substituents is 1.